The molecule has 1 fully saturated rings. The van der Waals surface area contributed by atoms with Crippen molar-refractivity contribution in [2.24, 2.45) is 0 Å². The molecule has 6 heteroatoms. The molecule has 130 valence electrons. The molecule has 25 heavy (non-hydrogen) atoms. The van der Waals surface area contributed by atoms with Crippen LogP contribution >= 0.6 is 0 Å². The Bertz CT molecular complexity index is 811. The van der Waals surface area contributed by atoms with E-state index in [9.17, 15) is 0 Å². The third kappa shape index (κ3) is 3.81. The summed E-state index contributed by atoms with van der Waals surface area (Å²) in [6.45, 7) is 6.24. The van der Waals surface area contributed by atoms with Gasteiger partial charge in [0.25, 0.3) is 0 Å². The maximum Gasteiger partial charge on any atom is 0.204 e. The smallest absolute Gasteiger partial charge is 0.204 e. The minimum atomic E-state index is 0.668. The van der Waals surface area contributed by atoms with Crippen LogP contribution in [0.4, 0.5) is 5.95 Å². The van der Waals surface area contributed by atoms with Gasteiger partial charge < -0.3 is 14.6 Å². The number of pyridine rings is 1. The molecule has 3 heterocycles. The van der Waals surface area contributed by atoms with Crippen molar-refractivity contribution in [2.45, 2.75) is 13.1 Å². The van der Waals surface area contributed by atoms with Crippen molar-refractivity contribution in [3.05, 3.63) is 54.4 Å². The molecule has 1 aliphatic heterocycles. The van der Waals surface area contributed by atoms with E-state index in [1.165, 1.54) is 5.52 Å². The average Bonchev–Trinajstić information content (AvgIpc) is 3.04. The maximum absolute atomic E-state index is 5.44. The van der Waals surface area contributed by atoms with Gasteiger partial charge in [-0.15, -0.1) is 0 Å². The third-order valence-electron chi connectivity index (χ3n) is 4.55. The first-order chi connectivity index (χ1) is 12.4. The van der Waals surface area contributed by atoms with Crippen molar-refractivity contribution < 1.29 is 4.74 Å². The lowest BCUT2D eigenvalue weighted by Gasteiger charge is -2.27. The number of morpholine rings is 1. The molecule has 0 saturated carbocycles. The topological polar surface area (TPSA) is 55.2 Å². The number of nitrogens with zero attached hydrogens (tertiary/aromatic N) is 4. The van der Waals surface area contributed by atoms with Gasteiger partial charge in [0.15, 0.2) is 0 Å². The summed E-state index contributed by atoms with van der Waals surface area (Å²) in [4.78, 5) is 11.6. The van der Waals surface area contributed by atoms with Crippen LogP contribution in [0.2, 0.25) is 0 Å². The van der Waals surface area contributed by atoms with Crippen molar-refractivity contribution in [1.82, 2.24) is 19.4 Å². The van der Waals surface area contributed by atoms with Gasteiger partial charge in [-0.3, -0.25) is 9.88 Å². The lowest BCUT2D eigenvalue weighted by atomic mass is 10.3. The molecule has 1 aliphatic rings. The van der Waals surface area contributed by atoms with E-state index in [-0.39, 0.29) is 0 Å². The number of nitrogens with one attached hydrogen (secondary N) is 1. The zero-order valence-corrected chi connectivity index (χ0v) is 14.3. The number of anilines is 1. The second-order valence-corrected chi connectivity index (χ2v) is 6.20. The molecule has 6 nitrogen and oxygen atoms in total. The number of para-hydroxylation sites is 2. The molecular formula is C19H23N5O. The number of fused-ring (bicyclic) bond motifs is 1. The SMILES string of the molecule is c1ccc(CNc2nc3ccccc3n2CCN2CCOCC2)nc1. The maximum atomic E-state index is 5.44. The van der Waals surface area contributed by atoms with Crippen LogP contribution in [0.25, 0.3) is 11.0 Å². The highest BCUT2D eigenvalue weighted by Crippen LogP contribution is 2.20. The van der Waals surface area contributed by atoms with Gasteiger partial charge in [-0.2, -0.15) is 0 Å². The molecule has 0 aliphatic carbocycles. The highest BCUT2D eigenvalue weighted by atomic mass is 16.5. The zero-order valence-electron chi connectivity index (χ0n) is 14.3. The minimum Gasteiger partial charge on any atom is -0.379 e. The fraction of sp³-hybridized carbons (Fsp3) is 0.368. The van der Waals surface area contributed by atoms with E-state index in [0.717, 1.165) is 56.6 Å². The van der Waals surface area contributed by atoms with E-state index < -0.39 is 0 Å². The molecule has 0 unspecified atom stereocenters. The lowest BCUT2D eigenvalue weighted by Crippen LogP contribution is -2.38. The van der Waals surface area contributed by atoms with Crippen LogP contribution in [0.3, 0.4) is 0 Å². The Labute approximate surface area is 147 Å². The van der Waals surface area contributed by atoms with Crippen molar-refractivity contribution in [3.8, 4) is 0 Å². The number of aromatic nitrogens is 3. The molecule has 0 amide bonds. The minimum absolute atomic E-state index is 0.668. The summed E-state index contributed by atoms with van der Waals surface area (Å²) in [6.07, 6.45) is 1.82. The molecule has 0 spiro atoms. The molecule has 1 N–H and O–H groups in total. The van der Waals surface area contributed by atoms with Gasteiger partial charge in [0.05, 0.1) is 36.5 Å². The van der Waals surface area contributed by atoms with Crippen LogP contribution in [-0.4, -0.2) is 52.3 Å². The van der Waals surface area contributed by atoms with Gasteiger partial charge in [0.2, 0.25) is 5.95 Å². The number of hydrogen-bond donors (Lipinski definition) is 1. The summed E-state index contributed by atoms with van der Waals surface area (Å²) in [5.41, 5.74) is 3.20. The summed E-state index contributed by atoms with van der Waals surface area (Å²) < 4.78 is 7.71. The Kier molecular flexibility index (Phi) is 4.90. The van der Waals surface area contributed by atoms with Crippen LogP contribution < -0.4 is 5.32 Å². The molecule has 3 aromatic rings. The fourth-order valence-electron chi connectivity index (χ4n) is 3.18. The third-order valence-corrected chi connectivity index (χ3v) is 4.55. The second kappa shape index (κ2) is 7.63. The number of imidazole rings is 1. The number of hydrogen-bond acceptors (Lipinski definition) is 5. The first-order valence-electron chi connectivity index (χ1n) is 8.79. The van der Waals surface area contributed by atoms with E-state index in [4.69, 9.17) is 9.72 Å². The summed E-state index contributed by atoms with van der Waals surface area (Å²) >= 11 is 0. The van der Waals surface area contributed by atoms with Crippen LogP contribution in [0.15, 0.2) is 48.7 Å². The van der Waals surface area contributed by atoms with Gasteiger partial charge in [-0.25, -0.2) is 4.98 Å². The van der Waals surface area contributed by atoms with Crippen LogP contribution in [0.1, 0.15) is 5.69 Å². The van der Waals surface area contributed by atoms with Crippen molar-refractivity contribution in [3.63, 3.8) is 0 Å². The Hall–Kier alpha value is -2.44. The molecule has 0 radical (unpaired) electrons. The van der Waals surface area contributed by atoms with Crippen molar-refractivity contribution in [1.29, 1.82) is 0 Å². The van der Waals surface area contributed by atoms with Crippen LogP contribution in [0.5, 0.6) is 0 Å². The number of benzene rings is 1. The molecule has 1 aromatic carbocycles. The summed E-state index contributed by atoms with van der Waals surface area (Å²) in [5, 5.41) is 3.45. The molecule has 4 rings (SSSR count). The van der Waals surface area contributed by atoms with E-state index in [2.05, 4.69) is 38.0 Å². The molecule has 0 bridgehead atoms. The average molecular weight is 337 g/mol. The van der Waals surface area contributed by atoms with E-state index >= 15 is 0 Å². The van der Waals surface area contributed by atoms with Gasteiger partial charge >= 0.3 is 0 Å². The summed E-state index contributed by atoms with van der Waals surface area (Å²) in [7, 11) is 0. The monoisotopic (exact) mass is 337 g/mol. The van der Waals surface area contributed by atoms with E-state index in [1.54, 1.807) is 0 Å². The van der Waals surface area contributed by atoms with Gasteiger partial charge in [-0.05, 0) is 24.3 Å². The van der Waals surface area contributed by atoms with Gasteiger partial charge in [0.1, 0.15) is 0 Å². The summed E-state index contributed by atoms with van der Waals surface area (Å²) in [5.74, 6) is 0.903. The molecule has 0 atom stereocenters. The largest absolute Gasteiger partial charge is 0.379 e. The van der Waals surface area contributed by atoms with E-state index in [1.807, 2.05) is 30.5 Å². The molecule has 1 saturated heterocycles. The molecule has 2 aromatic heterocycles. The van der Waals surface area contributed by atoms with Gasteiger partial charge in [0, 0.05) is 32.4 Å². The number of rotatable bonds is 6. The first-order valence-corrected chi connectivity index (χ1v) is 8.79. The normalized spacial score (nSPS) is 15.5. The lowest BCUT2D eigenvalue weighted by molar-refractivity contribution is 0.0366. The Morgan fingerprint density at radius 3 is 2.68 bits per heavy atom. The van der Waals surface area contributed by atoms with Crippen LogP contribution in [-0.2, 0) is 17.8 Å². The highest BCUT2D eigenvalue weighted by Gasteiger charge is 2.14. The molecular weight excluding hydrogens is 314 g/mol. The predicted octanol–water partition coefficient (Wildman–Crippen LogP) is 2.38. The predicted molar refractivity (Wildman–Crippen MR) is 98.6 cm³/mol. The summed E-state index contributed by atoms with van der Waals surface area (Å²) in [6, 6.07) is 14.3. The van der Waals surface area contributed by atoms with Gasteiger partial charge in [-0.1, -0.05) is 18.2 Å². The Morgan fingerprint density at radius 1 is 1.00 bits per heavy atom. The number of ether oxygens (including phenoxy) is 1. The van der Waals surface area contributed by atoms with Crippen LogP contribution in [0, 0.1) is 0 Å². The van der Waals surface area contributed by atoms with E-state index in [0.29, 0.717) is 6.54 Å². The fourth-order valence-corrected chi connectivity index (χ4v) is 3.18. The second-order valence-electron chi connectivity index (χ2n) is 6.20. The zero-order chi connectivity index (χ0) is 16.9. The Morgan fingerprint density at radius 2 is 1.84 bits per heavy atom. The quantitative estimate of drug-likeness (QED) is 0.748. The van der Waals surface area contributed by atoms with Crippen molar-refractivity contribution in [2.75, 3.05) is 38.2 Å². The highest BCUT2D eigenvalue weighted by molar-refractivity contribution is 5.78. The Balaban J connectivity index is 1.52. The first kappa shape index (κ1) is 16.1. The van der Waals surface area contributed by atoms with Crippen molar-refractivity contribution >= 4 is 17.0 Å². The standard InChI is InChI=1S/C19H23N5O/c1-2-7-18-17(6-1)22-19(21-15-16-5-3-4-8-20-16)24(18)10-9-23-11-13-25-14-12-23/h1-8H,9-15H2,(H,21,22).